The largest absolute Gasteiger partial charge is 0.320 e. The summed E-state index contributed by atoms with van der Waals surface area (Å²) in [7, 11) is 1.93. The molecule has 0 aliphatic heterocycles. The molecule has 2 rings (SSSR count). The van der Waals surface area contributed by atoms with E-state index in [1.54, 1.807) is 24.3 Å². The molecule has 6 heteroatoms. The molecule has 1 aromatic carbocycles. The van der Waals surface area contributed by atoms with Gasteiger partial charge in [0.1, 0.15) is 0 Å². The van der Waals surface area contributed by atoms with Gasteiger partial charge in [0.05, 0.1) is 6.54 Å². The van der Waals surface area contributed by atoms with Gasteiger partial charge in [-0.05, 0) is 38.4 Å². The highest BCUT2D eigenvalue weighted by molar-refractivity contribution is 7.67. The summed E-state index contributed by atoms with van der Waals surface area (Å²) in [4.78, 5) is 22.1. The van der Waals surface area contributed by atoms with Crippen molar-refractivity contribution in [3.8, 4) is 0 Å². The Labute approximate surface area is 97.6 Å². The van der Waals surface area contributed by atoms with E-state index in [1.807, 2.05) is 0 Å². The van der Waals surface area contributed by atoms with Crippen LogP contribution < -0.4 is 9.75 Å². The summed E-state index contributed by atoms with van der Waals surface area (Å²) in [5, 5.41) is 0.640. The molecule has 15 heavy (non-hydrogen) atoms. The molecule has 0 aliphatic carbocycles. The lowest BCUT2D eigenvalue weighted by atomic mass is 10.2. The van der Waals surface area contributed by atoms with Crippen molar-refractivity contribution < 1.29 is 0 Å². The highest BCUT2D eigenvalue weighted by Crippen LogP contribution is 2.09. The minimum Gasteiger partial charge on any atom is -0.256 e. The quantitative estimate of drug-likeness (QED) is 0.774. The average Bonchev–Trinajstić information content (AvgIpc) is 2.53. The van der Waals surface area contributed by atoms with Gasteiger partial charge in [-0.3, -0.25) is 14.2 Å². The third kappa shape index (κ3) is 2.37. The van der Waals surface area contributed by atoms with Crippen molar-refractivity contribution >= 4 is 32.3 Å². The van der Waals surface area contributed by atoms with Crippen LogP contribution >= 0.6 is 32.3 Å². The Kier molecular flexibility index (Phi) is 3.04. The van der Waals surface area contributed by atoms with E-state index in [2.05, 4.69) is 0 Å². The number of aromatic nitrogens is 1. The van der Waals surface area contributed by atoms with Gasteiger partial charge in [0, 0.05) is 5.02 Å². The number of nitrogens with zero attached hydrogens (tertiary/aromatic N) is 1. The van der Waals surface area contributed by atoms with Crippen molar-refractivity contribution in [2.24, 2.45) is 0 Å². The molecule has 3 nitrogen and oxygen atoms in total. The summed E-state index contributed by atoms with van der Waals surface area (Å²) >= 11 is 5.73. The van der Waals surface area contributed by atoms with E-state index in [-0.39, 0.29) is 9.75 Å². The van der Waals surface area contributed by atoms with E-state index in [4.69, 9.17) is 11.6 Å². The summed E-state index contributed by atoms with van der Waals surface area (Å²) < 4.78 is 1.22. The zero-order valence-electron chi connectivity index (χ0n) is 7.47. The summed E-state index contributed by atoms with van der Waals surface area (Å²) in [5.74, 6) is 0. The Bertz CT molecular complexity index is 539. The Balaban J connectivity index is 2.34. The smallest absolute Gasteiger partial charge is 0.256 e. The summed E-state index contributed by atoms with van der Waals surface area (Å²) in [6.45, 7) is 0.314. The predicted octanol–water partition coefficient (Wildman–Crippen LogP) is 2.03. The maximum Gasteiger partial charge on any atom is 0.320 e. The SMILES string of the molecule is O=c1ssc(=O)n1Cc1ccc(Cl)cc1. The van der Waals surface area contributed by atoms with Gasteiger partial charge in [-0.2, -0.15) is 0 Å². The lowest BCUT2D eigenvalue weighted by Gasteiger charge is -1.99. The van der Waals surface area contributed by atoms with Gasteiger partial charge in [-0.1, -0.05) is 23.7 Å². The molecular weight excluding hydrogens is 254 g/mol. The molecule has 0 radical (unpaired) electrons. The number of rotatable bonds is 2. The minimum absolute atomic E-state index is 0.208. The lowest BCUT2D eigenvalue weighted by molar-refractivity contribution is 0.764. The average molecular weight is 260 g/mol. The van der Waals surface area contributed by atoms with Gasteiger partial charge in [-0.25, -0.2) is 0 Å². The van der Waals surface area contributed by atoms with Crippen LogP contribution in [-0.2, 0) is 6.54 Å². The molecule has 0 saturated heterocycles. The van der Waals surface area contributed by atoms with Gasteiger partial charge in [0.25, 0.3) is 0 Å². The van der Waals surface area contributed by atoms with E-state index in [1.165, 1.54) is 4.57 Å². The summed E-state index contributed by atoms with van der Waals surface area (Å²) in [5.41, 5.74) is 0.893. The van der Waals surface area contributed by atoms with Crippen molar-refractivity contribution in [3.05, 3.63) is 54.2 Å². The van der Waals surface area contributed by atoms with Crippen LogP contribution in [0.15, 0.2) is 33.9 Å². The standard InChI is InChI=1S/C9H6ClNO2S2/c10-7-3-1-6(2-4-7)5-11-8(12)14-15-9(11)13/h1-4H,5H2. The van der Waals surface area contributed by atoms with Crippen LogP contribution in [0.2, 0.25) is 5.02 Å². The predicted molar refractivity (Wildman–Crippen MR) is 63.3 cm³/mol. The van der Waals surface area contributed by atoms with Crippen LogP contribution in [0, 0.1) is 0 Å². The van der Waals surface area contributed by atoms with E-state index < -0.39 is 0 Å². The molecule has 0 aliphatic rings. The van der Waals surface area contributed by atoms with Crippen LogP contribution in [-0.4, -0.2) is 4.57 Å². The fourth-order valence-corrected chi connectivity index (χ4v) is 2.91. The maximum absolute atomic E-state index is 11.3. The van der Waals surface area contributed by atoms with Crippen LogP contribution in [0.3, 0.4) is 0 Å². The molecule has 2 aromatic rings. The fraction of sp³-hybridized carbons (Fsp3) is 0.111. The van der Waals surface area contributed by atoms with Crippen molar-refractivity contribution in [3.63, 3.8) is 0 Å². The van der Waals surface area contributed by atoms with Crippen molar-refractivity contribution in [1.29, 1.82) is 0 Å². The molecule has 0 amide bonds. The van der Waals surface area contributed by atoms with E-state index in [9.17, 15) is 9.59 Å². The molecule has 1 aromatic heterocycles. The molecule has 0 N–H and O–H groups in total. The second-order valence-electron chi connectivity index (χ2n) is 2.91. The molecule has 0 saturated carbocycles. The van der Waals surface area contributed by atoms with E-state index in [0.717, 1.165) is 26.2 Å². The van der Waals surface area contributed by atoms with E-state index in [0.29, 0.717) is 11.6 Å². The number of hydrogen-bond donors (Lipinski definition) is 0. The van der Waals surface area contributed by atoms with Crippen LogP contribution in [0.5, 0.6) is 0 Å². The Hall–Kier alpha value is -0.910. The van der Waals surface area contributed by atoms with Crippen molar-refractivity contribution in [2.75, 3.05) is 0 Å². The first-order valence-corrected chi connectivity index (χ1v) is 6.64. The van der Waals surface area contributed by atoms with Gasteiger partial charge in [0.15, 0.2) is 0 Å². The van der Waals surface area contributed by atoms with Gasteiger partial charge < -0.3 is 0 Å². The van der Waals surface area contributed by atoms with Crippen LogP contribution in [0.4, 0.5) is 0 Å². The third-order valence-electron chi connectivity index (χ3n) is 1.88. The first kappa shape index (κ1) is 10.6. The molecule has 78 valence electrons. The summed E-state index contributed by atoms with van der Waals surface area (Å²) in [6, 6.07) is 7.08. The lowest BCUT2D eigenvalue weighted by Crippen LogP contribution is -2.24. The second-order valence-corrected chi connectivity index (χ2v) is 5.38. The molecule has 0 bridgehead atoms. The topological polar surface area (TPSA) is 39.1 Å². The Morgan fingerprint density at radius 3 is 2.13 bits per heavy atom. The second kappa shape index (κ2) is 4.30. The molecule has 0 unspecified atom stereocenters. The molecule has 0 spiro atoms. The maximum atomic E-state index is 11.3. The van der Waals surface area contributed by atoms with Gasteiger partial charge in [0.2, 0.25) is 0 Å². The normalized spacial score (nSPS) is 10.5. The van der Waals surface area contributed by atoms with E-state index >= 15 is 0 Å². The fourth-order valence-electron chi connectivity index (χ4n) is 1.14. The number of hydrogen-bond acceptors (Lipinski definition) is 4. The van der Waals surface area contributed by atoms with Crippen molar-refractivity contribution in [1.82, 2.24) is 4.57 Å². The first-order valence-electron chi connectivity index (χ1n) is 4.11. The zero-order valence-corrected chi connectivity index (χ0v) is 9.86. The number of benzene rings is 1. The van der Waals surface area contributed by atoms with Crippen LogP contribution in [0.1, 0.15) is 5.56 Å². The molecular formula is C9H6ClNO2S2. The monoisotopic (exact) mass is 259 g/mol. The molecule has 0 atom stereocenters. The first-order chi connectivity index (χ1) is 7.16. The highest BCUT2D eigenvalue weighted by atomic mass is 35.5. The summed E-state index contributed by atoms with van der Waals surface area (Å²) in [6.07, 6.45) is 0. The third-order valence-corrected chi connectivity index (χ3v) is 4.05. The molecule has 0 fully saturated rings. The molecule has 1 heterocycles. The number of halogens is 1. The zero-order chi connectivity index (χ0) is 10.8. The van der Waals surface area contributed by atoms with Crippen LogP contribution in [0.25, 0.3) is 0 Å². The van der Waals surface area contributed by atoms with Gasteiger partial charge >= 0.3 is 9.75 Å². The van der Waals surface area contributed by atoms with Gasteiger partial charge in [-0.15, -0.1) is 0 Å². The Morgan fingerprint density at radius 2 is 1.60 bits per heavy atom. The highest BCUT2D eigenvalue weighted by Gasteiger charge is 2.04. The Morgan fingerprint density at radius 1 is 1.07 bits per heavy atom. The van der Waals surface area contributed by atoms with Crippen molar-refractivity contribution in [2.45, 2.75) is 6.54 Å². The minimum atomic E-state index is -0.208.